The number of nitrogens with one attached hydrogen (secondary N) is 1. The number of H-pyrrole nitrogens is 1. The van der Waals surface area contributed by atoms with Crippen LogP contribution in [0.5, 0.6) is 0 Å². The van der Waals surface area contributed by atoms with E-state index in [9.17, 15) is 9.59 Å². The van der Waals surface area contributed by atoms with Crippen LogP contribution in [0.3, 0.4) is 0 Å². The standard InChI is InChI=1S/C13H16N2O4/c1-5-18-12(16)10-8(3)11(15-9(10)4)13(17)19-7(2)6-14/h7,15H,5H2,1-4H3/t7-/m1/s1. The summed E-state index contributed by atoms with van der Waals surface area (Å²) in [5.41, 5.74) is 1.50. The highest BCUT2D eigenvalue weighted by Gasteiger charge is 2.24. The SMILES string of the molecule is CCOC(=O)c1c(C)[nH]c(C(=O)O[C@H](C)C#N)c1C. The molecule has 0 aromatic carbocycles. The zero-order chi connectivity index (χ0) is 14.6. The number of aromatic amines is 1. The van der Waals surface area contributed by atoms with E-state index in [0.717, 1.165) is 0 Å². The number of nitriles is 1. The Morgan fingerprint density at radius 3 is 2.53 bits per heavy atom. The molecule has 1 N–H and O–H groups in total. The van der Waals surface area contributed by atoms with Gasteiger partial charge in [0, 0.05) is 5.69 Å². The van der Waals surface area contributed by atoms with E-state index < -0.39 is 18.0 Å². The van der Waals surface area contributed by atoms with E-state index in [2.05, 4.69) is 4.98 Å². The molecule has 0 amide bonds. The van der Waals surface area contributed by atoms with E-state index >= 15 is 0 Å². The van der Waals surface area contributed by atoms with Gasteiger partial charge in [0.15, 0.2) is 6.10 Å². The maximum absolute atomic E-state index is 11.8. The number of nitrogens with zero attached hydrogens (tertiary/aromatic N) is 1. The van der Waals surface area contributed by atoms with Crippen molar-refractivity contribution < 1.29 is 19.1 Å². The molecule has 0 aliphatic heterocycles. The lowest BCUT2D eigenvalue weighted by atomic mass is 10.1. The van der Waals surface area contributed by atoms with Crippen LogP contribution >= 0.6 is 0 Å². The van der Waals surface area contributed by atoms with Gasteiger partial charge < -0.3 is 14.5 Å². The van der Waals surface area contributed by atoms with Gasteiger partial charge in [-0.2, -0.15) is 5.26 Å². The molecule has 0 aliphatic carbocycles. The molecule has 0 unspecified atom stereocenters. The van der Waals surface area contributed by atoms with Gasteiger partial charge in [-0.15, -0.1) is 0 Å². The maximum atomic E-state index is 11.8. The Kier molecular flexibility index (Phi) is 4.70. The van der Waals surface area contributed by atoms with Gasteiger partial charge in [-0.25, -0.2) is 9.59 Å². The fraction of sp³-hybridized carbons (Fsp3) is 0.462. The van der Waals surface area contributed by atoms with Crippen LogP contribution in [0.2, 0.25) is 0 Å². The van der Waals surface area contributed by atoms with Gasteiger partial charge in [0.2, 0.25) is 0 Å². The number of esters is 2. The molecule has 1 atom stereocenters. The number of rotatable bonds is 4. The van der Waals surface area contributed by atoms with E-state index in [1.807, 2.05) is 0 Å². The molecule has 0 saturated heterocycles. The molecule has 0 aliphatic rings. The molecule has 6 heteroatoms. The van der Waals surface area contributed by atoms with Crippen molar-refractivity contribution in [3.8, 4) is 6.07 Å². The second kappa shape index (κ2) is 6.05. The smallest absolute Gasteiger partial charge is 0.356 e. The lowest BCUT2D eigenvalue weighted by molar-refractivity contribution is 0.0428. The van der Waals surface area contributed by atoms with E-state index in [4.69, 9.17) is 14.7 Å². The second-order valence-corrected chi connectivity index (χ2v) is 4.02. The van der Waals surface area contributed by atoms with Gasteiger partial charge in [-0.05, 0) is 33.3 Å². The van der Waals surface area contributed by atoms with Gasteiger partial charge in [0.1, 0.15) is 11.8 Å². The van der Waals surface area contributed by atoms with Crippen molar-refractivity contribution in [1.82, 2.24) is 4.98 Å². The van der Waals surface area contributed by atoms with Crippen molar-refractivity contribution in [1.29, 1.82) is 5.26 Å². The number of hydrogen-bond donors (Lipinski definition) is 1. The minimum Gasteiger partial charge on any atom is -0.462 e. The van der Waals surface area contributed by atoms with Crippen LogP contribution in [-0.4, -0.2) is 29.6 Å². The first-order valence-electron chi connectivity index (χ1n) is 5.89. The molecule has 1 rings (SSSR count). The summed E-state index contributed by atoms with van der Waals surface area (Å²) in [7, 11) is 0. The average Bonchev–Trinajstić information content (AvgIpc) is 2.65. The lowest BCUT2D eigenvalue weighted by Crippen LogP contribution is -2.14. The molecule has 19 heavy (non-hydrogen) atoms. The summed E-state index contributed by atoms with van der Waals surface area (Å²) in [5.74, 6) is -1.15. The summed E-state index contributed by atoms with van der Waals surface area (Å²) >= 11 is 0. The fourth-order valence-electron chi connectivity index (χ4n) is 1.71. The Bertz CT molecular complexity index is 540. The van der Waals surface area contributed by atoms with Gasteiger partial charge >= 0.3 is 11.9 Å². The molecule has 1 aromatic heterocycles. The summed E-state index contributed by atoms with van der Waals surface area (Å²) < 4.78 is 9.81. The first-order valence-corrected chi connectivity index (χ1v) is 5.89. The molecule has 0 fully saturated rings. The molecule has 0 spiro atoms. The quantitative estimate of drug-likeness (QED) is 0.838. The number of hydrogen-bond acceptors (Lipinski definition) is 5. The number of carbonyl (C=O) groups excluding carboxylic acids is 2. The molecule has 102 valence electrons. The van der Waals surface area contributed by atoms with Crippen LogP contribution in [0.15, 0.2) is 0 Å². The van der Waals surface area contributed by atoms with E-state index in [1.165, 1.54) is 6.92 Å². The highest BCUT2D eigenvalue weighted by molar-refractivity contribution is 5.98. The van der Waals surface area contributed by atoms with Crippen LogP contribution in [0.1, 0.15) is 46.0 Å². The Labute approximate surface area is 111 Å². The third kappa shape index (κ3) is 3.13. The van der Waals surface area contributed by atoms with E-state index in [-0.39, 0.29) is 12.3 Å². The predicted molar refractivity (Wildman–Crippen MR) is 66.7 cm³/mol. The third-order valence-electron chi connectivity index (χ3n) is 2.59. The van der Waals surface area contributed by atoms with Crippen molar-refractivity contribution in [3.05, 3.63) is 22.5 Å². The lowest BCUT2D eigenvalue weighted by Gasteiger charge is -2.05. The molecular formula is C13H16N2O4. The Hall–Kier alpha value is -2.29. The number of aromatic nitrogens is 1. The van der Waals surface area contributed by atoms with E-state index in [0.29, 0.717) is 16.8 Å². The third-order valence-corrected chi connectivity index (χ3v) is 2.59. The van der Waals surface area contributed by atoms with Crippen molar-refractivity contribution in [2.24, 2.45) is 0 Å². The molecular weight excluding hydrogens is 248 g/mol. The molecule has 6 nitrogen and oxygen atoms in total. The maximum Gasteiger partial charge on any atom is 0.356 e. The van der Waals surface area contributed by atoms with E-state index in [1.54, 1.807) is 26.8 Å². The highest BCUT2D eigenvalue weighted by atomic mass is 16.5. The molecule has 0 radical (unpaired) electrons. The summed E-state index contributed by atoms with van der Waals surface area (Å²) in [6, 6.07) is 1.80. The summed E-state index contributed by atoms with van der Waals surface area (Å²) in [5, 5.41) is 8.61. The normalized spacial score (nSPS) is 11.5. The molecule has 0 bridgehead atoms. The number of aryl methyl sites for hydroxylation is 1. The monoisotopic (exact) mass is 264 g/mol. The zero-order valence-corrected chi connectivity index (χ0v) is 11.4. The molecule has 0 saturated carbocycles. The van der Waals surface area contributed by atoms with Crippen LogP contribution in [0.25, 0.3) is 0 Å². The minimum atomic E-state index is -0.846. The first kappa shape index (κ1) is 14.8. The summed E-state index contributed by atoms with van der Waals surface area (Å²) in [6.07, 6.45) is -0.846. The van der Waals surface area contributed by atoms with Crippen molar-refractivity contribution >= 4 is 11.9 Å². The number of ether oxygens (including phenoxy) is 2. The van der Waals surface area contributed by atoms with Crippen LogP contribution in [-0.2, 0) is 9.47 Å². The Balaban J connectivity index is 3.06. The first-order chi connectivity index (χ1) is 8.92. The van der Waals surface area contributed by atoms with Crippen LogP contribution < -0.4 is 0 Å². The highest BCUT2D eigenvalue weighted by Crippen LogP contribution is 2.20. The minimum absolute atomic E-state index is 0.169. The topological polar surface area (TPSA) is 92.2 Å². The summed E-state index contributed by atoms with van der Waals surface area (Å²) in [6.45, 7) is 6.73. The zero-order valence-electron chi connectivity index (χ0n) is 11.4. The van der Waals surface area contributed by atoms with Crippen molar-refractivity contribution in [2.45, 2.75) is 33.8 Å². The fourth-order valence-corrected chi connectivity index (χ4v) is 1.71. The molecule has 1 heterocycles. The van der Waals surface area contributed by atoms with Gasteiger partial charge in [0.25, 0.3) is 0 Å². The Morgan fingerprint density at radius 2 is 2.00 bits per heavy atom. The summed E-state index contributed by atoms with van der Waals surface area (Å²) in [4.78, 5) is 26.4. The Morgan fingerprint density at radius 1 is 1.37 bits per heavy atom. The number of carbonyl (C=O) groups is 2. The van der Waals surface area contributed by atoms with Crippen LogP contribution in [0.4, 0.5) is 0 Å². The van der Waals surface area contributed by atoms with Crippen LogP contribution in [0, 0.1) is 25.2 Å². The van der Waals surface area contributed by atoms with Gasteiger partial charge in [-0.1, -0.05) is 0 Å². The molecule has 1 aromatic rings. The average molecular weight is 264 g/mol. The van der Waals surface area contributed by atoms with Gasteiger partial charge in [-0.3, -0.25) is 0 Å². The predicted octanol–water partition coefficient (Wildman–Crippen LogP) is 1.88. The second-order valence-electron chi connectivity index (χ2n) is 4.02. The van der Waals surface area contributed by atoms with Crippen molar-refractivity contribution in [2.75, 3.05) is 6.61 Å². The largest absolute Gasteiger partial charge is 0.462 e. The van der Waals surface area contributed by atoms with Crippen molar-refractivity contribution in [3.63, 3.8) is 0 Å². The van der Waals surface area contributed by atoms with Gasteiger partial charge in [0.05, 0.1) is 12.2 Å².